The second-order valence-corrected chi connectivity index (χ2v) is 5.54. The van der Waals surface area contributed by atoms with Crippen LogP contribution in [0.1, 0.15) is 65.7 Å². The van der Waals surface area contributed by atoms with Gasteiger partial charge in [0.15, 0.2) is 0 Å². The molecule has 0 aromatic carbocycles. The van der Waals surface area contributed by atoms with Gasteiger partial charge in [-0.1, -0.05) is 46.5 Å². The summed E-state index contributed by atoms with van der Waals surface area (Å²) >= 11 is 0. The number of rotatable bonds is 5. The Labute approximate surface area is 96.0 Å². The summed E-state index contributed by atoms with van der Waals surface area (Å²) < 4.78 is 0. The minimum Gasteiger partial charge on any atom is -0.316 e. The molecule has 1 aliphatic rings. The Hall–Kier alpha value is -0.0400. The lowest BCUT2D eigenvalue weighted by atomic mass is 9.72. The van der Waals surface area contributed by atoms with E-state index in [1.165, 1.54) is 58.0 Å². The van der Waals surface area contributed by atoms with Gasteiger partial charge in [-0.05, 0) is 37.1 Å². The number of hydrogen-bond donors (Lipinski definition) is 1. The van der Waals surface area contributed by atoms with E-state index in [9.17, 15) is 0 Å². The lowest BCUT2D eigenvalue weighted by Gasteiger charge is -2.36. The van der Waals surface area contributed by atoms with Crippen LogP contribution in [0.2, 0.25) is 0 Å². The van der Waals surface area contributed by atoms with E-state index in [0.29, 0.717) is 5.41 Å². The Morgan fingerprint density at radius 1 is 1.20 bits per heavy atom. The van der Waals surface area contributed by atoms with Crippen molar-refractivity contribution in [2.24, 2.45) is 11.3 Å². The molecule has 1 rings (SSSR count). The molecule has 1 nitrogen and oxygen atoms in total. The molecule has 2 unspecified atom stereocenters. The highest BCUT2D eigenvalue weighted by Crippen LogP contribution is 2.40. The standard InChI is InChI=1S/C14H29N/c1-4-11-15-12-14(3)10-8-6-7-9-13(14)5-2/h13,15H,4-12H2,1-3H3. The van der Waals surface area contributed by atoms with Crippen LogP contribution in [0.4, 0.5) is 0 Å². The van der Waals surface area contributed by atoms with Crippen LogP contribution in [-0.4, -0.2) is 13.1 Å². The van der Waals surface area contributed by atoms with Gasteiger partial charge >= 0.3 is 0 Å². The molecule has 0 aromatic rings. The maximum absolute atomic E-state index is 3.64. The first-order valence-corrected chi connectivity index (χ1v) is 6.93. The van der Waals surface area contributed by atoms with Gasteiger partial charge < -0.3 is 5.32 Å². The van der Waals surface area contributed by atoms with Gasteiger partial charge in [-0.15, -0.1) is 0 Å². The molecule has 1 aliphatic carbocycles. The van der Waals surface area contributed by atoms with Gasteiger partial charge in [-0.3, -0.25) is 0 Å². The Bertz CT molecular complexity index is 167. The van der Waals surface area contributed by atoms with Crippen molar-refractivity contribution in [2.45, 2.75) is 65.7 Å². The molecule has 0 saturated heterocycles. The normalized spacial score (nSPS) is 32.6. The maximum atomic E-state index is 3.64. The highest BCUT2D eigenvalue weighted by atomic mass is 14.9. The van der Waals surface area contributed by atoms with Crippen LogP contribution in [0.25, 0.3) is 0 Å². The minimum absolute atomic E-state index is 0.570. The third kappa shape index (κ3) is 3.79. The number of hydrogen-bond acceptors (Lipinski definition) is 1. The molecule has 1 saturated carbocycles. The largest absolute Gasteiger partial charge is 0.316 e. The van der Waals surface area contributed by atoms with Crippen molar-refractivity contribution in [1.82, 2.24) is 5.32 Å². The van der Waals surface area contributed by atoms with Crippen LogP contribution >= 0.6 is 0 Å². The van der Waals surface area contributed by atoms with E-state index in [1.54, 1.807) is 0 Å². The summed E-state index contributed by atoms with van der Waals surface area (Å²) in [6, 6.07) is 0. The van der Waals surface area contributed by atoms with Gasteiger partial charge in [0.05, 0.1) is 0 Å². The Morgan fingerprint density at radius 3 is 2.67 bits per heavy atom. The molecule has 90 valence electrons. The topological polar surface area (TPSA) is 12.0 Å². The maximum Gasteiger partial charge on any atom is 0.000781 e. The summed E-state index contributed by atoms with van der Waals surface area (Å²) in [5, 5.41) is 3.64. The summed E-state index contributed by atoms with van der Waals surface area (Å²) in [5.41, 5.74) is 0.570. The summed E-state index contributed by atoms with van der Waals surface area (Å²) in [4.78, 5) is 0. The zero-order valence-electron chi connectivity index (χ0n) is 10.9. The van der Waals surface area contributed by atoms with Gasteiger partial charge in [0.1, 0.15) is 0 Å². The fourth-order valence-electron chi connectivity index (χ4n) is 3.13. The van der Waals surface area contributed by atoms with Crippen molar-refractivity contribution >= 4 is 0 Å². The third-order valence-corrected chi connectivity index (χ3v) is 4.23. The van der Waals surface area contributed by atoms with Crippen LogP contribution in [0.5, 0.6) is 0 Å². The van der Waals surface area contributed by atoms with Crippen molar-refractivity contribution in [2.75, 3.05) is 13.1 Å². The smallest absolute Gasteiger partial charge is 0.000781 e. The Kier molecular flexibility index (Phi) is 5.66. The van der Waals surface area contributed by atoms with E-state index in [1.807, 2.05) is 0 Å². The van der Waals surface area contributed by atoms with Gasteiger partial charge in [0.2, 0.25) is 0 Å². The second-order valence-electron chi connectivity index (χ2n) is 5.54. The molecule has 15 heavy (non-hydrogen) atoms. The van der Waals surface area contributed by atoms with Crippen LogP contribution in [0.3, 0.4) is 0 Å². The Balaban J connectivity index is 2.49. The molecule has 0 spiro atoms. The Morgan fingerprint density at radius 2 is 2.00 bits per heavy atom. The molecule has 0 aromatic heterocycles. The first kappa shape index (κ1) is 13.0. The minimum atomic E-state index is 0.570. The van der Waals surface area contributed by atoms with Gasteiger partial charge in [0, 0.05) is 6.54 Å². The highest BCUT2D eigenvalue weighted by molar-refractivity contribution is 4.86. The van der Waals surface area contributed by atoms with E-state index >= 15 is 0 Å². The second kappa shape index (κ2) is 6.52. The van der Waals surface area contributed by atoms with E-state index in [0.717, 1.165) is 5.92 Å². The molecule has 0 amide bonds. The zero-order valence-corrected chi connectivity index (χ0v) is 10.9. The molecule has 0 heterocycles. The molecule has 0 bridgehead atoms. The van der Waals surface area contributed by atoms with Crippen LogP contribution in [0, 0.1) is 11.3 Å². The SMILES string of the molecule is CCCNCC1(C)CCCCCC1CC. The van der Waals surface area contributed by atoms with Crippen molar-refractivity contribution in [3.05, 3.63) is 0 Å². The van der Waals surface area contributed by atoms with Crippen molar-refractivity contribution in [1.29, 1.82) is 0 Å². The predicted molar refractivity (Wildman–Crippen MR) is 68.1 cm³/mol. The molecule has 1 heteroatoms. The third-order valence-electron chi connectivity index (χ3n) is 4.23. The van der Waals surface area contributed by atoms with Gasteiger partial charge in [0.25, 0.3) is 0 Å². The fourth-order valence-corrected chi connectivity index (χ4v) is 3.13. The van der Waals surface area contributed by atoms with Crippen LogP contribution in [0.15, 0.2) is 0 Å². The molecule has 1 fully saturated rings. The van der Waals surface area contributed by atoms with Crippen molar-refractivity contribution in [3.8, 4) is 0 Å². The zero-order chi connectivity index (χ0) is 11.1. The summed E-state index contributed by atoms with van der Waals surface area (Å²) in [6.07, 6.45) is 9.88. The van der Waals surface area contributed by atoms with Crippen LogP contribution in [-0.2, 0) is 0 Å². The lowest BCUT2D eigenvalue weighted by molar-refractivity contribution is 0.159. The van der Waals surface area contributed by atoms with Gasteiger partial charge in [-0.2, -0.15) is 0 Å². The average molecular weight is 211 g/mol. The predicted octanol–water partition coefficient (Wildman–Crippen LogP) is 3.98. The summed E-state index contributed by atoms with van der Waals surface area (Å²) in [5.74, 6) is 0.948. The molecule has 0 aliphatic heterocycles. The van der Waals surface area contributed by atoms with Crippen molar-refractivity contribution in [3.63, 3.8) is 0 Å². The first-order valence-electron chi connectivity index (χ1n) is 6.93. The molecule has 2 atom stereocenters. The van der Waals surface area contributed by atoms with Gasteiger partial charge in [-0.25, -0.2) is 0 Å². The average Bonchev–Trinajstić information content (AvgIpc) is 2.41. The van der Waals surface area contributed by atoms with Crippen molar-refractivity contribution < 1.29 is 0 Å². The summed E-state index contributed by atoms with van der Waals surface area (Å²) in [6.45, 7) is 9.55. The summed E-state index contributed by atoms with van der Waals surface area (Å²) in [7, 11) is 0. The quantitative estimate of drug-likeness (QED) is 0.536. The number of nitrogens with one attached hydrogen (secondary N) is 1. The lowest BCUT2D eigenvalue weighted by Crippen LogP contribution is -2.37. The first-order chi connectivity index (χ1) is 7.23. The molecule has 0 radical (unpaired) electrons. The van der Waals surface area contributed by atoms with E-state index in [4.69, 9.17) is 0 Å². The van der Waals surface area contributed by atoms with E-state index < -0.39 is 0 Å². The highest BCUT2D eigenvalue weighted by Gasteiger charge is 2.33. The molecular formula is C14H29N. The monoisotopic (exact) mass is 211 g/mol. The van der Waals surface area contributed by atoms with Crippen LogP contribution < -0.4 is 5.32 Å². The van der Waals surface area contributed by atoms with E-state index in [2.05, 4.69) is 26.1 Å². The molecular weight excluding hydrogens is 182 g/mol. The fraction of sp³-hybridized carbons (Fsp3) is 1.00. The van der Waals surface area contributed by atoms with E-state index in [-0.39, 0.29) is 0 Å². The molecule has 1 N–H and O–H groups in total.